The van der Waals surface area contributed by atoms with E-state index in [0.717, 1.165) is 32.7 Å². The van der Waals surface area contributed by atoms with E-state index < -0.39 is 0 Å². The standard InChI is InChI=1S/C19H31N3O3/c1-21(10-12-24-2)9-8-20-19(23)14-18-16-22(11-13-25-18)15-17-6-4-3-5-7-17/h3-7,18H,8-16H2,1-2H3,(H,20,23). The van der Waals surface area contributed by atoms with Crippen LogP contribution in [0.15, 0.2) is 30.3 Å². The van der Waals surface area contributed by atoms with E-state index in [9.17, 15) is 4.79 Å². The lowest BCUT2D eigenvalue weighted by Gasteiger charge is -2.32. The maximum Gasteiger partial charge on any atom is 0.222 e. The summed E-state index contributed by atoms with van der Waals surface area (Å²) in [4.78, 5) is 16.6. The first kappa shape index (κ1) is 19.8. The molecule has 1 atom stereocenters. The van der Waals surface area contributed by atoms with Crippen molar-refractivity contribution in [1.29, 1.82) is 0 Å². The molecule has 6 heteroatoms. The summed E-state index contributed by atoms with van der Waals surface area (Å²) in [6.07, 6.45) is 0.399. The molecule has 1 aromatic rings. The predicted molar refractivity (Wildman–Crippen MR) is 98.5 cm³/mol. The number of benzene rings is 1. The van der Waals surface area contributed by atoms with E-state index in [-0.39, 0.29) is 12.0 Å². The highest BCUT2D eigenvalue weighted by molar-refractivity contribution is 5.76. The molecule has 1 unspecified atom stereocenters. The summed E-state index contributed by atoms with van der Waals surface area (Å²) in [5.41, 5.74) is 1.30. The van der Waals surface area contributed by atoms with Crippen molar-refractivity contribution >= 4 is 5.91 Å². The molecule has 1 N–H and O–H groups in total. The fraction of sp³-hybridized carbons (Fsp3) is 0.632. The second-order valence-electron chi connectivity index (χ2n) is 6.56. The first-order valence-electron chi connectivity index (χ1n) is 8.99. The largest absolute Gasteiger partial charge is 0.383 e. The molecular formula is C19H31N3O3. The Labute approximate surface area is 151 Å². The third kappa shape index (κ3) is 7.96. The SMILES string of the molecule is COCCN(C)CCNC(=O)CC1CN(Cc2ccccc2)CCO1. The molecule has 1 aliphatic rings. The molecule has 0 saturated carbocycles. The van der Waals surface area contributed by atoms with Crippen molar-refractivity contribution in [1.82, 2.24) is 15.1 Å². The van der Waals surface area contributed by atoms with Crippen LogP contribution in [0.5, 0.6) is 0 Å². The van der Waals surface area contributed by atoms with Gasteiger partial charge in [-0.3, -0.25) is 9.69 Å². The monoisotopic (exact) mass is 349 g/mol. The van der Waals surface area contributed by atoms with Crippen molar-refractivity contribution in [2.24, 2.45) is 0 Å². The van der Waals surface area contributed by atoms with Crippen molar-refractivity contribution in [3.8, 4) is 0 Å². The summed E-state index contributed by atoms with van der Waals surface area (Å²) in [5, 5.41) is 2.98. The fourth-order valence-electron chi connectivity index (χ4n) is 2.91. The number of carbonyl (C=O) groups excluding carboxylic acids is 1. The number of rotatable bonds is 10. The van der Waals surface area contributed by atoms with Gasteiger partial charge in [0.05, 0.1) is 25.7 Å². The Bertz CT molecular complexity index is 498. The lowest BCUT2D eigenvalue weighted by atomic mass is 10.1. The first-order valence-corrected chi connectivity index (χ1v) is 8.99. The van der Waals surface area contributed by atoms with Gasteiger partial charge in [0, 0.05) is 46.4 Å². The molecule has 6 nitrogen and oxygen atoms in total. The number of nitrogens with one attached hydrogen (secondary N) is 1. The summed E-state index contributed by atoms with van der Waals surface area (Å²) in [6.45, 7) is 6.36. The second kappa shape index (κ2) is 11.2. The van der Waals surface area contributed by atoms with Gasteiger partial charge in [-0.1, -0.05) is 30.3 Å². The Hall–Kier alpha value is -1.47. The topological polar surface area (TPSA) is 54.0 Å². The van der Waals surface area contributed by atoms with Crippen molar-refractivity contribution in [2.45, 2.75) is 19.1 Å². The summed E-state index contributed by atoms with van der Waals surface area (Å²) < 4.78 is 10.8. The van der Waals surface area contributed by atoms with E-state index in [4.69, 9.17) is 9.47 Å². The lowest BCUT2D eigenvalue weighted by Crippen LogP contribution is -2.44. The molecule has 2 rings (SSSR count). The fourth-order valence-corrected chi connectivity index (χ4v) is 2.91. The molecule has 0 spiro atoms. The van der Waals surface area contributed by atoms with Crippen LogP contribution in [0.25, 0.3) is 0 Å². The first-order chi connectivity index (χ1) is 12.2. The van der Waals surface area contributed by atoms with Gasteiger partial charge >= 0.3 is 0 Å². The number of carbonyl (C=O) groups is 1. The molecule has 0 aromatic heterocycles. The zero-order valence-corrected chi connectivity index (χ0v) is 15.4. The quantitative estimate of drug-likeness (QED) is 0.682. The zero-order chi connectivity index (χ0) is 17.9. The number of ether oxygens (including phenoxy) is 2. The Morgan fingerprint density at radius 2 is 2.16 bits per heavy atom. The molecule has 1 heterocycles. The van der Waals surface area contributed by atoms with Crippen LogP contribution in [0.4, 0.5) is 0 Å². The van der Waals surface area contributed by atoms with Gasteiger partial charge in [-0.25, -0.2) is 0 Å². The van der Waals surface area contributed by atoms with E-state index in [2.05, 4.69) is 39.4 Å². The molecule has 0 radical (unpaired) electrons. The molecule has 0 bridgehead atoms. The second-order valence-corrected chi connectivity index (χ2v) is 6.56. The number of morpholine rings is 1. The van der Waals surface area contributed by atoms with E-state index in [1.165, 1.54) is 5.56 Å². The molecule has 0 aliphatic carbocycles. The average Bonchev–Trinajstić information content (AvgIpc) is 2.61. The van der Waals surface area contributed by atoms with Crippen LogP contribution in [0.3, 0.4) is 0 Å². The average molecular weight is 349 g/mol. The Balaban J connectivity index is 1.65. The van der Waals surface area contributed by atoms with Gasteiger partial charge in [0.25, 0.3) is 0 Å². The Morgan fingerprint density at radius 3 is 2.92 bits per heavy atom. The van der Waals surface area contributed by atoms with Gasteiger partial charge in [0.2, 0.25) is 5.91 Å². The molecule has 25 heavy (non-hydrogen) atoms. The van der Waals surface area contributed by atoms with Crippen LogP contribution in [0.1, 0.15) is 12.0 Å². The van der Waals surface area contributed by atoms with E-state index >= 15 is 0 Å². The molecule has 140 valence electrons. The maximum absolute atomic E-state index is 12.1. The molecule has 1 saturated heterocycles. The summed E-state index contributed by atoms with van der Waals surface area (Å²) in [7, 11) is 3.72. The third-order valence-electron chi connectivity index (χ3n) is 4.38. The van der Waals surface area contributed by atoms with E-state index in [1.54, 1.807) is 7.11 Å². The van der Waals surface area contributed by atoms with Crippen LogP contribution >= 0.6 is 0 Å². The zero-order valence-electron chi connectivity index (χ0n) is 15.4. The number of amides is 1. The highest BCUT2D eigenvalue weighted by atomic mass is 16.5. The molecule has 1 amide bonds. The van der Waals surface area contributed by atoms with Gasteiger partial charge in [0.1, 0.15) is 0 Å². The van der Waals surface area contributed by atoms with E-state index in [1.807, 2.05) is 13.1 Å². The molecular weight excluding hydrogens is 318 g/mol. The summed E-state index contributed by atoms with van der Waals surface area (Å²) in [5.74, 6) is 0.0618. The summed E-state index contributed by atoms with van der Waals surface area (Å²) >= 11 is 0. The smallest absolute Gasteiger partial charge is 0.222 e. The van der Waals surface area contributed by atoms with Crippen molar-refractivity contribution in [2.75, 3.05) is 60.1 Å². The van der Waals surface area contributed by atoms with Gasteiger partial charge in [-0.15, -0.1) is 0 Å². The summed E-state index contributed by atoms with van der Waals surface area (Å²) in [6, 6.07) is 10.4. The van der Waals surface area contributed by atoms with Crippen molar-refractivity contribution in [3.63, 3.8) is 0 Å². The Morgan fingerprint density at radius 1 is 1.36 bits per heavy atom. The lowest BCUT2D eigenvalue weighted by molar-refractivity contribution is -0.126. The minimum absolute atomic E-state index is 0.0244. The number of nitrogens with zero attached hydrogens (tertiary/aromatic N) is 2. The highest BCUT2D eigenvalue weighted by Gasteiger charge is 2.22. The Kier molecular flexibility index (Phi) is 8.90. The van der Waals surface area contributed by atoms with Crippen LogP contribution in [0.2, 0.25) is 0 Å². The molecule has 1 aliphatic heterocycles. The number of methoxy groups -OCH3 is 1. The minimum atomic E-state index is -0.0244. The van der Waals surface area contributed by atoms with Gasteiger partial charge in [-0.05, 0) is 12.6 Å². The predicted octanol–water partition coefficient (Wildman–Crippen LogP) is 0.972. The highest BCUT2D eigenvalue weighted by Crippen LogP contribution is 2.12. The van der Waals surface area contributed by atoms with Crippen molar-refractivity contribution < 1.29 is 14.3 Å². The number of hydrogen-bond acceptors (Lipinski definition) is 5. The normalized spacial score (nSPS) is 18.4. The maximum atomic E-state index is 12.1. The molecule has 1 aromatic carbocycles. The van der Waals surface area contributed by atoms with Crippen LogP contribution in [-0.4, -0.2) is 81.9 Å². The van der Waals surface area contributed by atoms with Gasteiger partial charge < -0.3 is 19.7 Å². The minimum Gasteiger partial charge on any atom is -0.383 e. The third-order valence-corrected chi connectivity index (χ3v) is 4.38. The van der Waals surface area contributed by atoms with Crippen molar-refractivity contribution in [3.05, 3.63) is 35.9 Å². The van der Waals surface area contributed by atoms with E-state index in [0.29, 0.717) is 26.2 Å². The van der Waals surface area contributed by atoms with Crippen LogP contribution in [0, 0.1) is 0 Å². The molecule has 1 fully saturated rings. The van der Waals surface area contributed by atoms with Gasteiger partial charge in [-0.2, -0.15) is 0 Å². The number of hydrogen-bond donors (Lipinski definition) is 1. The number of likely N-dealkylation sites (N-methyl/N-ethyl adjacent to an activating group) is 1. The van der Waals surface area contributed by atoms with Gasteiger partial charge in [0.15, 0.2) is 0 Å². The van der Waals surface area contributed by atoms with Crippen LogP contribution < -0.4 is 5.32 Å². The van der Waals surface area contributed by atoms with Crippen LogP contribution in [-0.2, 0) is 20.8 Å².